The molecule has 12 heteroatoms. The number of sulfone groups is 2. The summed E-state index contributed by atoms with van der Waals surface area (Å²) in [6, 6.07) is 8.46. The van der Waals surface area contributed by atoms with Crippen molar-refractivity contribution in [1.29, 1.82) is 0 Å². The van der Waals surface area contributed by atoms with Crippen LogP contribution in [0.4, 0.5) is 4.79 Å². The maximum Gasteiger partial charge on any atom is 0.317 e. The predicted octanol–water partition coefficient (Wildman–Crippen LogP) is 1.55. The van der Waals surface area contributed by atoms with Gasteiger partial charge in [0.2, 0.25) is 9.84 Å². The first-order valence-electron chi connectivity index (χ1n) is 10.8. The van der Waals surface area contributed by atoms with E-state index in [1.165, 1.54) is 30.3 Å². The monoisotopic (exact) mass is 514 g/mol. The van der Waals surface area contributed by atoms with E-state index in [4.69, 9.17) is 5.73 Å². The highest BCUT2D eigenvalue weighted by Gasteiger charge is 2.23. The van der Waals surface area contributed by atoms with E-state index < -0.39 is 19.7 Å². The highest BCUT2D eigenvalue weighted by Crippen LogP contribution is 2.28. The fraction of sp³-hybridized carbons (Fsp3) is 0.476. The van der Waals surface area contributed by atoms with Gasteiger partial charge in [0.1, 0.15) is 4.21 Å². The zero-order valence-corrected chi connectivity index (χ0v) is 21.0. The molecule has 3 N–H and O–H groups in total. The molecule has 33 heavy (non-hydrogen) atoms. The molecule has 1 fully saturated rings. The third kappa shape index (κ3) is 6.33. The Morgan fingerprint density at radius 1 is 1.00 bits per heavy atom. The molecule has 2 heterocycles. The van der Waals surface area contributed by atoms with Crippen LogP contribution in [0, 0.1) is 0 Å². The summed E-state index contributed by atoms with van der Waals surface area (Å²) in [6.07, 6.45) is 0.776. The first-order chi connectivity index (χ1) is 15.7. The van der Waals surface area contributed by atoms with Crippen LogP contribution in [0.1, 0.15) is 18.2 Å². The second-order valence-corrected chi connectivity index (χ2v) is 13.2. The van der Waals surface area contributed by atoms with E-state index in [-0.39, 0.29) is 32.3 Å². The van der Waals surface area contributed by atoms with Gasteiger partial charge in [0.15, 0.2) is 9.84 Å². The number of carbonyl (C=O) groups excluding carboxylic acids is 1. The van der Waals surface area contributed by atoms with Crippen LogP contribution in [0.25, 0.3) is 0 Å². The van der Waals surface area contributed by atoms with E-state index >= 15 is 0 Å². The van der Waals surface area contributed by atoms with Crippen molar-refractivity contribution in [3.63, 3.8) is 0 Å². The lowest BCUT2D eigenvalue weighted by atomic mass is 10.4. The average molecular weight is 515 g/mol. The van der Waals surface area contributed by atoms with Gasteiger partial charge in [-0.15, -0.1) is 11.3 Å². The van der Waals surface area contributed by atoms with Crippen molar-refractivity contribution in [3.8, 4) is 0 Å². The standard InChI is InChI=1S/C21H30N4O5S3/c1-2-23-21(26)25-11-3-10-24(12-13-25)14-15-32(27,28)18-5-7-19(8-6-18)33(29,30)20-9-4-17(16-22)31-20/h4-9H,2-3,10-16,22H2,1H3,(H,23,26). The number of amides is 2. The molecule has 0 bridgehead atoms. The minimum absolute atomic E-state index is 0.0461. The van der Waals surface area contributed by atoms with Gasteiger partial charge in [0.05, 0.1) is 15.5 Å². The molecule has 2 amide bonds. The van der Waals surface area contributed by atoms with Gasteiger partial charge in [0, 0.05) is 44.1 Å². The van der Waals surface area contributed by atoms with Crippen molar-refractivity contribution >= 4 is 37.0 Å². The molecule has 1 aliphatic rings. The van der Waals surface area contributed by atoms with Crippen LogP contribution in [0.3, 0.4) is 0 Å². The van der Waals surface area contributed by atoms with Gasteiger partial charge >= 0.3 is 6.03 Å². The Morgan fingerprint density at radius 2 is 1.70 bits per heavy atom. The van der Waals surface area contributed by atoms with Crippen LogP contribution >= 0.6 is 11.3 Å². The van der Waals surface area contributed by atoms with Crippen LogP contribution in [0.2, 0.25) is 0 Å². The molecule has 1 saturated heterocycles. The fourth-order valence-electron chi connectivity index (χ4n) is 3.58. The van der Waals surface area contributed by atoms with E-state index in [2.05, 4.69) is 5.32 Å². The number of nitrogens with zero attached hydrogens (tertiary/aromatic N) is 2. The van der Waals surface area contributed by atoms with Gasteiger partial charge in [0.25, 0.3) is 0 Å². The number of hydrogen-bond donors (Lipinski definition) is 2. The van der Waals surface area contributed by atoms with Crippen LogP contribution in [-0.4, -0.2) is 77.7 Å². The van der Waals surface area contributed by atoms with E-state index in [0.29, 0.717) is 39.3 Å². The molecule has 2 aromatic rings. The number of hydrogen-bond acceptors (Lipinski definition) is 8. The largest absolute Gasteiger partial charge is 0.338 e. The zero-order chi connectivity index (χ0) is 24.1. The van der Waals surface area contributed by atoms with Crippen LogP contribution < -0.4 is 11.1 Å². The number of nitrogens with two attached hydrogens (primary N) is 1. The number of thiophene rings is 1. The Balaban J connectivity index is 1.62. The molecule has 1 aromatic carbocycles. The predicted molar refractivity (Wildman–Crippen MR) is 128 cm³/mol. The average Bonchev–Trinajstić information content (AvgIpc) is 3.17. The third-order valence-corrected chi connectivity index (χ3v) is 10.6. The highest BCUT2D eigenvalue weighted by atomic mass is 32.2. The van der Waals surface area contributed by atoms with Gasteiger partial charge in [-0.25, -0.2) is 21.6 Å². The van der Waals surface area contributed by atoms with Gasteiger partial charge in [-0.2, -0.15) is 0 Å². The minimum atomic E-state index is -3.72. The molecule has 0 atom stereocenters. The maximum atomic E-state index is 12.8. The molecule has 3 rings (SSSR count). The summed E-state index contributed by atoms with van der Waals surface area (Å²) in [4.78, 5) is 16.7. The zero-order valence-electron chi connectivity index (χ0n) is 18.6. The lowest BCUT2D eigenvalue weighted by Crippen LogP contribution is -2.42. The summed E-state index contributed by atoms with van der Waals surface area (Å²) in [5, 5.41) is 2.79. The second-order valence-electron chi connectivity index (χ2n) is 7.74. The van der Waals surface area contributed by atoms with E-state index in [1.807, 2.05) is 11.8 Å². The van der Waals surface area contributed by atoms with Crippen LogP contribution in [0.15, 0.2) is 50.4 Å². The van der Waals surface area contributed by atoms with Crippen LogP contribution in [-0.2, 0) is 26.2 Å². The van der Waals surface area contributed by atoms with E-state index in [9.17, 15) is 21.6 Å². The number of urea groups is 1. The lowest BCUT2D eigenvalue weighted by molar-refractivity contribution is 0.199. The smallest absolute Gasteiger partial charge is 0.317 e. The van der Waals surface area contributed by atoms with Gasteiger partial charge < -0.3 is 20.9 Å². The molecular weight excluding hydrogens is 484 g/mol. The summed E-state index contributed by atoms with van der Waals surface area (Å²) in [7, 11) is -7.30. The second kappa shape index (κ2) is 11.0. The Hall–Kier alpha value is -1.99. The van der Waals surface area contributed by atoms with Crippen molar-refractivity contribution in [2.24, 2.45) is 5.73 Å². The normalized spacial score (nSPS) is 15.9. The molecule has 9 nitrogen and oxygen atoms in total. The van der Waals surface area contributed by atoms with Crippen molar-refractivity contribution < 1.29 is 21.6 Å². The van der Waals surface area contributed by atoms with Gasteiger partial charge in [-0.1, -0.05) is 0 Å². The van der Waals surface area contributed by atoms with Crippen molar-refractivity contribution in [3.05, 3.63) is 41.3 Å². The quantitative estimate of drug-likeness (QED) is 0.547. The van der Waals surface area contributed by atoms with Crippen LogP contribution in [0.5, 0.6) is 0 Å². The summed E-state index contributed by atoms with van der Waals surface area (Å²) < 4.78 is 51.4. The summed E-state index contributed by atoms with van der Waals surface area (Å²) >= 11 is 1.11. The fourth-order valence-corrected chi connectivity index (χ4v) is 7.50. The summed E-state index contributed by atoms with van der Waals surface area (Å²) in [5.74, 6) is -0.0783. The van der Waals surface area contributed by atoms with Gasteiger partial charge in [-0.3, -0.25) is 0 Å². The molecule has 0 saturated carbocycles. The van der Waals surface area contributed by atoms with E-state index in [1.54, 1.807) is 11.0 Å². The summed E-state index contributed by atoms with van der Waals surface area (Å²) in [5.41, 5.74) is 5.56. The molecule has 1 aromatic heterocycles. The van der Waals surface area contributed by atoms with Crippen molar-refractivity contribution in [2.45, 2.75) is 33.9 Å². The Bertz CT molecular complexity index is 1160. The molecule has 182 valence electrons. The first-order valence-corrected chi connectivity index (χ1v) is 14.7. The van der Waals surface area contributed by atoms with Gasteiger partial charge in [-0.05, 0) is 56.3 Å². The number of carbonyl (C=O) groups is 1. The lowest BCUT2D eigenvalue weighted by Gasteiger charge is -2.22. The SMILES string of the molecule is CCNC(=O)N1CCCN(CCS(=O)(=O)c2ccc(S(=O)(=O)c3ccc(CN)s3)cc2)CC1. The third-order valence-electron chi connectivity index (χ3n) is 5.48. The Morgan fingerprint density at radius 3 is 2.33 bits per heavy atom. The molecule has 0 spiro atoms. The first kappa shape index (κ1) is 25.6. The highest BCUT2D eigenvalue weighted by molar-refractivity contribution is 7.93. The Kier molecular flexibility index (Phi) is 8.51. The molecule has 0 unspecified atom stereocenters. The number of rotatable bonds is 8. The minimum Gasteiger partial charge on any atom is -0.338 e. The van der Waals surface area contributed by atoms with E-state index in [0.717, 1.165) is 22.6 Å². The van der Waals surface area contributed by atoms with Crippen molar-refractivity contribution in [1.82, 2.24) is 15.1 Å². The Labute approximate surface area is 199 Å². The molecule has 1 aliphatic heterocycles. The topological polar surface area (TPSA) is 130 Å². The molecule has 0 radical (unpaired) electrons. The number of nitrogens with one attached hydrogen (secondary N) is 1. The summed E-state index contributed by atoms with van der Waals surface area (Å²) in [6.45, 7) is 5.56. The molecular formula is C21H30N4O5S3. The van der Waals surface area contributed by atoms with Crippen molar-refractivity contribution in [2.75, 3.05) is 45.0 Å². The maximum absolute atomic E-state index is 12.8. The molecule has 0 aliphatic carbocycles. The number of benzene rings is 1.